The van der Waals surface area contributed by atoms with Crippen LogP contribution in [0.15, 0.2) is 5.38 Å². The Morgan fingerprint density at radius 3 is 2.58 bits per heavy atom. The Hall–Kier alpha value is -0.830. The molecule has 0 unspecified atom stereocenters. The Morgan fingerprint density at radius 2 is 2.17 bits per heavy atom. The minimum absolute atomic E-state index is 0.287. The highest BCUT2D eigenvalue weighted by molar-refractivity contribution is 7.10. The average molecular weight is 183 g/mol. The number of rotatable bonds is 3. The van der Waals surface area contributed by atoms with Crippen LogP contribution in [0, 0.1) is 0 Å². The van der Waals surface area contributed by atoms with Crippen LogP contribution in [0.25, 0.3) is 0 Å². The fourth-order valence-electron chi connectivity index (χ4n) is 1.26. The first kappa shape index (κ1) is 9.26. The van der Waals surface area contributed by atoms with Crippen LogP contribution in [-0.2, 0) is 12.8 Å². The molecule has 0 aliphatic heterocycles. The van der Waals surface area contributed by atoms with Crippen molar-refractivity contribution in [3.8, 4) is 0 Å². The van der Waals surface area contributed by atoms with E-state index in [0.29, 0.717) is 0 Å². The van der Waals surface area contributed by atoms with Crippen molar-refractivity contribution in [3.63, 3.8) is 0 Å². The van der Waals surface area contributed by atoms with Gasteiger partial charge in [-0.05, 0) is 23.8 Å². The van der Waals surface area contributed by atoms with Crippen molar-refractivity contribution >= 4 is 17.2 Å². The van der Waals surface area contributed by atoms with Crippen molar-refractivity contribution in [1.29, 1.82) is 0 Å². The van der Waals surface area contributed by atoms with Gasteiger partial charge in [-0.25, -0.2) is 0 Å². The third kappa shape index (κ3) is 1.50. The number of hydrogen-bond acceptors (Lipinski definition) is 2. The molecule has 1 aromatic rings. The Balaban J connectivity index is 3.16. The fraction of sp³-hybridized carbons (Fsp3) is 0.444. The predicted octanol–water partition coefficient (Wildman–Crippen LogP) is 1.97. The third-order valence-electron chi connectivity index (χ3n) is 1.89. The maximum atomic E-state index is 11.1. The molecule has 2 N–H and O–H groups in total. The summed E-state index contributed by atoms with van der Waals surface area (Å²) in [5, 5.41) is 2.03. The van der Waals surface area contributed by atoms with Crippen molar-refractivity contribution in [1.82, 2.24) is 0 Å². The molecule has 12 heavy (non-hydrogen) atoms. The summed E-state index contributed by atoms with van der Waals surface area (Å²) in [6.07, 6.45) is 1.78. The fourth-order valence-corrected chi connectivity index (χ4v) is 2.34. The molecule has 3 heteroatoms. The van der Waals surface area contributed by atoms with Crippen LogP contribution in [0.3, 0.4) is 0 Å². The number of nitrogens with two attached hydrogens (primary N) is 1. The molecule has 0 aliphatic carbocycles. The number of thiophene rings is 1. The molecule has 1 aromatic heterocycles. The van der Waals surface area contributed by atoms with Crippen LogP contribution >= 0.6 is 11.3 Å². The van der Waals surface area contributed by atoms with Gasteiger partial charge in [0.25, 0.3) is 0 Å². The van der Waals surface area contributed by atoms with Gasteiger partial charge in [-0.3, -0.25) is 4.79 Å². The van der Waals surface area contributed by atoms with Gasteiger partial charge in [-0.15, -0.1) is 11.3 Å². The quantitative estimate of drug-likeness (QED) is 0.765. The number of aryl methyl sites for hydroxylation is 2. The summed E-state index contributed by atoms with van der Waals surface area (Å²) in [6, 6.07) is 0. The summed E-state index contributed by atoms with van der Waals surface area (Å²) in [5.74, 6) is -0.287. The zero-order chi connectivity index (χ0) is 9.14. The number of primary amides is 1. The van der Waals surface area contributed by atoms with Gasteiger partial charge in [0.05, 0.1) is 5.56 Å². The van der Waals surface area contributed by atoms with Gasteiger partial charge >= 0.3 is 0 Å². The number of hydrogen-bond donors (Lipinski definition) is 1. The second-order valence-corrected chi connectivity index (χ2v) is 3.59. The molecule has 0 saturated carbocycles. The number of carbonyl (C=O) groups excluding carboxylic acids is 1. The van der Waals surface area contributed by atoms with E-state index >= 15 is 0 Å². The van der Waals surface area contributed by atoms with E-state index in [9.17, 15) is 4.79 Å². The van der Waals surface area contributed by atoms with Gasteiger partial charge in [-0.2, -0.15) is 0 Å². The summed E-state index contributed by atoms with van der Waals surface area (Å²) >= 11 is 1.63. The van der Waals surface area contributed by atoms with Crippen molar-refractivity contribution in [2.75, 3.05) is 0 Å². The topological polar surface area (TPSA) is 43.1 Å². The molecule has 0 bridgehead atoms. The lowest BCUT2D eigenvalue weighted by molar-refractivity contribution is 0.0999. The van der Waals surface area contributed by atoms with E-state index in [1.165, 1.54) is 0 Å². The van der Waals surface area contributed by atoms with E-state index in [-0.39, 0.29) is 5.91 Å². The maximum Gasteiger partial charge on any atom is 0.250 e. The molecule has 0 aromatic carbocycles. The Labute approximate surface area is 76.4 Å². The zero-order valence-corrected chi connectivity index (χ0v) is 8.20. The first-order chi connectivity index (χ1) is 5.70. The van der Waals surface area contributed by atoms with Crippen LogP contribution < -0.4 is 5.73 Å². The van der Waals surface area contributed by atoms with E-state index < -0.39 is 0 Å². The van der Waals surface area contributed by atoms with Crippen LogP contribution in [-0.4, -0.2) is 5.91 Å². The molecule has 66 valence electrons. The van der Waals surface area contributed by atoms with E-state index in [1.54, 1.807) is 11.3 Å². The largest absolute Gasteiger partial charge is 0.366 e. The zero-order valence-electron chi connectivity index (χ0n) is 7.39. The molecule has 2 nitrogen and oxygen atoms in total. The normalized spacial score (nSPS) is 10.2. The van der Waals surface area contributed by atoms with Crippen LogP contribution in [0.1, 0.15) is 34.6 Å². The molecule has 0 spiro atoms. The van der Waals surface area contributed by atoms with Gasteiger partial charge < -0.3 is 5.73 Å². The van der Waals surface area contributed by atoms with Gasteiger partial charge in [0.15, 0.2) is 0 Å². The van der Waals surface area contributed by atoms with Gasteiger partial charge in [0.1, 0.15) is 0 Å². The Morgan fingerprint density at radius 1 is 1.50 bits per heavy atom. The summed E-state index contributed by atoms with van der Waals surface area (Å²) in [6.45, 7) is 4.08. The maximum absolute atomic E-state index is 11.1. The van der Waals surface area contributed by atoms with E-state index in [0.717, 1.165) is 28.8 Å². The van der Waals surface area contributed by atoms with E-state index in [4.69, 9.17) is 5.73 Å². The summed E-state index contributed by atoms with van der Waals surface area (Å²) in [7, 11) is 0. The lowest BCUT2D eigenvalue weighted by Crippen LogP contribution is -2.13. The van der Waals surface area contributed by atoms with Gasteiger partial charge in [0, 0.05) is 4.88 Å². The van der Waals surface area contributed by atoms with Crippen LogP contribution in [0.2, 0.25) is 0 Å². The lowest BCUT2D eigenvalue weighted by atomic mass is 10.1. The summed E-state index contributed by atoms with van der Waals surface area (Å²) in [4.78, 5) is 12.2. The molecule has 0 aliphatic rings. The third-order valence-corrected chi connectivity index (χ3v) is 3.07. The Bertz CT molecular complexity index is 269. The van der Waals surface area contributed by atoms with Crippen molar-refractivity contribution < 1.29 is 4.79 Å². The van der Waals surface area contributed by atoms with Crippen molar-refractivity contribution in [3.05, 3.63) is 21.4 Å². The van der Waals surface area contributed by atoms with Gasteiger partial charge in [-0.1, -0.05) is 13.8 Å². The van der Waals surface area contributed by atoms with Crippen molar-refractivity contribution in [2.24, 2.45) is 5.73 Å². The second kappa shape index (κ2) is 3.72. The molecular weight excluding hydrogens is 170 g/mol. The molecule has 1 amide bonds. The first-order valence-corrected chi connectivity index (χ1v) is 4.97. The smallest absolute Gasteiger partial charge is 0.250 e. The Kier molecular flexibility index (Phi) is 2.87. The number of carbonyl (C=O) groups is 1. The molecule has 0 atom stereocenters. The average Bonchev–Trinajstić information content (AvgIpc) is 2.46. The second-order valence-electron chi connectivity index (χ2n) is 2.63. The van der Waals surface area contributed by atoms with E-state index in [2.05, 4.69) is 0 Å². The SMILES string of the molecule is CCc1csc(CC)c1C(N)=O. The highest BCUT2D eigenvalue weighted by atomic mass is 32.1. The van der Waals surface area contributed by atoms with Crippen LogP contribution in [0.5, 0.6) is 0 Å². The molecular formula is C9H13NOS. The minimum Gasteiger partial charge on any atom is -0.366 e. The number of amides is 1. The summed E-state index contributed by atoms with van der Waals surface area (Å²) < 4.78 is 0. The first-order valence-electron chi connectivity index (χ1n) is 4.09. The molecule has 0 radical (unpaired) electrons. The highest BCUT2D eigenvalue weighted by Crippen LogP contribution is 2.23. The lowest BCUT2D eigenvalue weighted by Gasteiger charge is -1.98. The van der Waals surface area contributed by atoms with Gasteiger partial charge in [0.2, 0.25) is 5.91 Å². The van der Waals surface area contributed by atoms with Crippen molar-refractivity contribution in [2.45, 2.75) is 26.7 Å². The molecule has 0 saturated heterocycles. The summed E-state index contributed by atoms with van der Waals surface area (Å²) in [5.41, 5.74) is 7.12. The minimum atomic E-state index is -0.287. The highest BCUT2D eigenvalue weighted by Gasteiger charge is 2.13. The molecule has 1 rings (SSSR count). The van der Waals surface area contributed by atoms with E-state index in [1.807, 2.05) is 19.2 Å². The predicted molar refractivity (Wildman–Crippen MR) is 51.6 cm³/mol. The monoisotopic (exact) mass is 183 g/mol. The molecule has 1 heterocycles. The molecule has 0 fully saturated rings. The van der Waals surface area contributed by atoms with Crippen LogP contribution in [0.4, 0.5) is 0 Å². The standard InChI is InChI=1S/C9H13NOS/c1-3-6-5-12-7(4-2)8(6)9(10)11/h5H,3-4H2,1-2H3,(H2,10,11).